The Labute approximate surface area is 111 Å². The van der Waals surface area contributed by atoms with E-state index < -0.39 is 28.8 Å². The Bertz CT molecular complexity index is 509. The van der Waals surface area contributed by atoms with Crippen LogP contribution in [0.4, 0.5) is 23.8 Å². The van der Waals surface area contributed by atoms with Gasteiger partial charge in [0.05, 0.1) is 23.2 Å². The van der Waals surface area contributed by atoms with E-state index in [1.807, 2.05) is 0 Å². The molecule has 1 aromatic heterocycles. The van der Waals surface area contributed by atoms with Crippen molar-refractivity contribution in [2.24, 2.45) is 0 Å². The third-order valence-electron chi connectivity index (χ3n) is 2.68. The molecule has 0 saturated carbocycles. The van der Waals surface area contributed by atoms with Crippen molar-refractivity contribution < 1.29 is 23.1 Å². The molecular weight excluding hydrogens is 287 g/mol. The first-order valence-electron chi connectivity index (χ1n) is 5.25. The molecule has 1 aliphatic heterocycles. The summed E-state index contributed by atoms with van der Waals surface area (Å²) in [7, 11) is 0. The van der Waals surface area contributed by atoms with Crippen molar-refractivity contribution in [3.8, 4) is 0 Å². The van der Waals surface area contributed by atoms with E-state index in [1.54, 1.807) is 0 Å². The molecule has 1 fully saturated rings. The molecule has 2 amide bonds. The SMILES string of the molecule is O=C1NCC(CO)N1c1cc(C(F)(F)F)c(Cl)cn1. The number of aliphatic hydroxyl groups is 1. The predicted molar refractivity (Wildman–Crippen MR) is 61.0 cm³/mol. The third-order valence-corrected chi connectivity index (χ3v) is 2.98. The van der Waals surface area contributed by atoms with E-state index in [4.69, 9.17) is 16.7 Å². The van der Waals surface area contributed by atoms with Crippen LogP contribution in [0.3, 0.4) is 0 Å². The van der Waals surface area contributed by atoms with Gasteiger partial charge in [0, 0.05) is 12.7 Å². The number of hydrogen-bond donors (Lipinski definition) is 2. The van der Waals surface area contributed by atoms with Gasteiger partial charge in [-0.15, -0.1) is 0 Å². The summed E-state index contributed by atoms with van der Waals surface area (Å²) >= 11 is 5.44. The van der Waals surface area contributed by atoms with E-state index in [9.17, 15) is 18.0 Å². The number of halogens is 4. The van der Waals surface area contributed by atoms with Gasteiger partial charge in [-0.1, -0.05) is 11.6 Å². The number of nitrogens with one attached hydrogen (secondary N) is 1. The van der Waals surface area contributed by atoms with Crippen molar-refractivity contribution in [2.45, 2.75) is 12.2 Å². The first-order chi connectivity index (χ1) is 8.84. The highest BCUT2D eigenvalue weighted by Gasteiger charge is 2.37. The highest BCUT2D eigenvalue weighted by Crippen LogP contribution is 2.36. The topological polar surface area (TPSA) is 65.5 Å². The summed E-state index contributed by atoms with van der Waals surface area (Å²) in [5, 5.41) is 11.0. The maximum atomic E-state index is 12.7. The van der Waals surface area contributed by atoms with Crippen LogP contribution in [0, 0.1) is 0 Å². The summed E-state index contributed by atoms with van der Waals surface area (Å²) in [5.41, 5.74) is -1.07. The van der Waals surface area contributed by atoms with Gasteiger partial charge in [0.1, 0.15) is 5.82 Å². The largest absolute Gasteiger partial charge is 0.418 e. The van der Waals surface area contributed by atoms with Gasteiger partial charge in [0.2, 0.25) is 0 Å². The molecule has 2 heterocycles. The highest BCUT2D eigenvalue weighted by molar-refractivity contribution is 6.31. The predicted octanol–water partition coefficient (Wildman–Crippen LogP) is 1.64. The average Bonchev–Trinajstić information content (AvgIpc) is 2.70. The first-order valence-corrected chi connectivity index (χ1v) is 5.63. The molecule has 0 bridgehead atoms. The van der Waals surface area contributed by atoms with Gasteiger partial charge in [-0.3, -0.25) is 4.90 Å². The molecule has 19 heavy (non-hydrogen) atoms. The summed E-state index contributed by atoms with van der Waals surface area (Å²) in [6.45, 7) is -0.245. The molecule has 1 aliphatic rings. The summed E-state index contributed by atoms with van der Waals surface area (Å²) in [6, 6.07) is -0.570. The van der Waals surface area contributed by atoms with Gasteiger partial charge in [0.25, 0.3) is 0 Å². The molecule has 1 saturated heterocycles. The maximum absolute atomic E-state index is 12.7. The zero-order valence-electron chi connectivity index (χ0n) is 9.41. The molecule has 0 spiro atoms. The smallest absolute Gasteiger partial charge is 0.394 e. The van der Waals surface area contributed by atoms with E-state index in [2.05, 4.69) is 10.3 Å². The molecule has 104 valence electrons. The minimum atomic E-state index is -4.64. The number of nitrogens with zero attached hydrogens (tertiary/aromatic N) is 2. The van der Waals surface area contributed by atoms with Crippen LogP contribution in [0.15, 0.2) is 12.3 Å². The number of alkyl halides is 3. The molecule has 2 rings (SSSR count). The number of anilines is 1. The van der Waals surface area contributed by atoms with E-state index in [1.165, 1.54) is 0 Å². The minimum absolute atomic E-state index is 0.140. The molecule has 1 atom stereocenters. The molecular formula is C10H9ClF3N3O2. The van der Waals surface area contributed by atoms with Gasteiger partial charge < -0.3 is 10.4 Å². The van der Waals surface area contributed by atoms with Crippen molar-refractivity contribution in [1.29, 1.82) is 0 Å². The van der Waals surface area contributed by atoms with Crippen LogP contribution in [0.25, 0.3) is 0 Å². The lowest BCUT2D eigenvalue weighted by Crippen LogP contribution is -2.37. The van der Waals surface area contributed by atoms with E-state index in [-0.39, 0.29) is 19.0 Å². The van der Waals surface area contributed by atoms with Crippen molar-refractivity contribution >= 4 is 23.4 Å². The van der Waals surface area contributed by atoms with Gasteiger partial charge in [-0.2, -0.15) is 13.2 Å². The Morgan fingerprint density at radius 2 is 2.26 bits per heavy atom. The van der Waals surface area contributed by atoms with Crippen LogP contribution in [0.2, 0.25) is 5.02 Å². The second-order valence-electron chi connectivity index (χ2n) is 3.91. The van der Waals surface area contributed by atoms with Gasteiger partial charge >= 0.3 is 12.2 Å². The van der Waals surface area contributed by atoms with Crippen LogP contribution >= 0.6 is 11.6 Å². The Morgan fingerprint density at radius 3 is 2.84 bits per heavy atom. The number of hydrogen-bond acceptors (Lipinski definition) is 3. The van der Waals surface area contributed by atoms with Crippen molar-refractivity contribution in [2.75, 3.05) is 18.1 Å². The van der Waals surface area contributed by atoms with Crippen LogP contribution in [-0.4, -0.2) is 35.3 Å². The zero-order chi connectivity index (χ0) is 14.2. The summed E-state index contributed by atoms with van der Waals surface area (Å²) < 4.78 is 38.1. The van der Waals surface area contributed by atoms with Crippen LogP contribution in [0.1, 0.15) is 5.56 Å². The Kier molecular flexibility index (Phi) is 3.55. The molecule has 0 aromatic carbocycles. The molecule has 1 aromatic rings. The highest BCUT2D eigenvalue weighted by atomic mass is 35.5. The fraction of sp³-hybridized carbons (Fsp3) is 0.400. The Morgan fingerprint density at radius 1 is 1.58 bits per heavy atom. The fourth-order valence-electron chi connectivity index (χ4n) is 1.76. The normalized spacial score (nSPS) is 19.7. The number of urea groups is 1. The molecule has 5 nitrogen and oxygen atoms in total. The lowest BCUT2D eigenvalue weighted by molar-refractivity contribution is -0.137. The fourth-order valence-corrected chi connectivity index (χ4v) is 1.97. The minimum Gasteiger partial charge on any atom is -0.394 e. The van der Waals surface area contributed by atoms with Gasteiger partial charge in [-0.25, -0.2) is 9.78 Å². The zero-order valence-corrected chi connectivity index (χ0v) is 10.2. The van der Waals surface area contributed by atoms with Gasteiger partial charge in [-0.05, 0) is 6.07 Å². The molecule has 1 unspecified atom stereocenters. The number of rotatable bonds is 2. The number of aliphatic hydroxyl groups excluding tert-OH is 1. The number of amides is 2. The molecule has 9 heteroatoms. The van der Waals surface area contributed by atoms with Crippen LogP contribution in [-0.2, 0) is 6.18 Å². The third kappa shape index (κ3) is 2.59. The Balaban J connectivity index is 2.43. The quantitative estimate of drug-likeness (QED) is 0.872. The monoisotopic (exact) mass is 295 g/mol. The van der Waals surface area contributed by atoms with Crippen molar-refractivity contribution in [1.82, 2.24) is 10.3 Å². The first kappa shape index (κ1) is 13.9. The summed E-state index contributed by atoms with van der Waals surface area (Å²) in [6.07, 6.45) is -3.81. The second-order valence-corrected chi connectivity index (χ2v) is 4.32. The number of carbonyl (C=O) groups is 1. The van der Waals surface area contributed by atoms with Crippen molar-refractivity contribution in [3.05, 3.63) is 22.8 Å². The molecule has 2 N–H and O–H groups in total. The maximum Gasteiger partial charge on any atom is 0.418 e. The van der Waals surface area contributed by atoms with E-state index in [0.717, 1.165) is 11.1 Å². The molecule has 0 radical (unpaired) electrons. The average molecular weight is 296 g/mol. The summed E-state index contributed by atoms with van der Waals surface area (Å²) in [5.74, 6) is -0.203. The standard InChI is InChI=1S/C10H9ClF3N3O2/c11-7-3-15-8(1-6(7)10(12,13)14)17-5(4-18)2-16-9(17)19/h1,3,5,18H,2,4H2,(H,16,19). The number of aromatic nitrogens is 1. The van der Waals surface area contributed by atoms with E-state index >= 15 is 0 Å². The Hall–Kier alpha value is -1.54. The number of pyridine rings is 1. The van der Waals surface area contributed by atoms with Crippen molar-refractivity contribution in [3.63, 3.8) is 0 Å². The number of carbonyl (C=O) groups excluding carboxylic acids is 1. The molecule has 0 aliphatic carbocycles. The van der Waals surface area contributed by atoms with E-state index in [0.29, 0.717) is 6.07 Å². The van der Waals surface area contributed by atoms with Gasteiger partial charge in [0.15, 0.2) is 0 Å². The lowest BCUT2D eigenvalue weighted by Gasteiger charge is -2.21. The second kappa shape index (κ2) is 4.86. The lowest BCUT2D eigenvalue weighted by atomic mass is 10.2. The summed E-state index contributed by atoms with van der Waals surface area (Å²) in [4.78, 5) is 16.2. The van der Waals surface area contributed by atoms with Crippen LogP contribution < -0.4 is 10.2 Å². The van der Waals surface area contributed by atoms with Crippen LogP contribution in [0.5, 0.6) is 0 Å².